The maximum Gasteiger partial charge on any atom is 0.329 e. The molecule has 0 saturated heterocycles. The van der Waals surface area contributed by atoms with Gasteiger partial charge in [-0.1, -0.05) is 115 Å². The highest BCUT2D eigenvalue weighted by Gasteiger charge is 2.35. The summed E-state index contributed by atoms with van der Waals surface area (Å²) in [7, 11) is 0. The maximum atomic E-state index is 13.1. The number of ether oxygens (including phenoxy) is 2. The molecule has 2 aliphatic heterocycles. The van der Waals surface area contributed by atoms with Crippen LogP contribution in [-0.4, -0.2) is 86.0 Å². The third-order valence-corrected chi connectivity index (χ3v) is 12.7. The number of benzene rings is 2. The number of amides is 4. The van der Waals surface area contributed by atoms with Crippen molar-refractivity contribution < 1.29 is 48.5 Å². The molecule has 0 unspecified atom stereocenters. The van der Waals surface area contributed by atoms with Crippen LogP contribution in [0.15, 0.2) is 73.1 Å². The van der Waals surface area contributed by atoms with Gasteiger partial charge in [-0.05, 0) is 120 Å². The zero-order chi connectivity index (χ0) is 49.8. The highest BCUT2D eigenvalue weighted by atomic mass is 16.5. The highest BCUT2D eigenvalue weighted by molar-refractivity contribution is 5.99. The second kappa shape index (κ2) is 31.5. The maximum absolute atomic E-state index is 13.1. The second-order valence-electron chi connectivity index (χ2n) is 18.4. The van der Waals surface area contributed by atoms with E-state index in [-0.39, 0.29) is 47.6 Å². The van der Waals surface area contributed by atoms with Gasteiger partial charge in [0.25, 0.3) is 11.8 Å². The van der Waals surface area contributed by atoms with Crippen LogP contribution in [0.5, 0.6) is 5.75 Å². The Bertz CT molecular complexity index is 1780. The molecule has 0 saturated carbocycles. The highest BCUT2D eigenvalue weighted by Crippen LogP contribution is 2.25. The fraction of sp³-hybridized carbons (Fsp3) is 0.593. The Morgan fingerprint density at radius 2 is 0.956 bits per heavy atom. The molecule has 2 aliphatic rings. The minimum absolute atomic E-state index is 0.0690. The number of rotatable bonds is 30. The van der Waals surface area contributed by atoms with Crippen LogP contribution in [0.25, 0.3) is 0 Å². The van der Waals surface area contributed by atoms with Crippen LogP contribution in [-0.2, 0) is 28.7 Å². The molecule has 2 heterocycles. The SMILES string of the molecule is CCCCCC[C@H](CCCCC[C@@H](C)C(N)=O)OC(=O)[C@@H]1CC=CN1C(=O)c1ccc(C)cc1.CCCCCC[C@H](CCCCC[C@@H](O)C(N)=O)OC(=O)[C@@H]1CC=CN1C(=O)c1ccc(O)cc1. The molecule has 6 atom stereocenters. The van der Waals surface area contributed by atoms with Crippen molar-refractivity contribution in [2.75, 3.05) is 0 Å². The zero-order valence-corrected chi connectivity index (χ0v) is 41.2. The van der Waals surface area contributed by atoms with Gasteiger partial charge in [0.05, 0.1) is 0 Å². The van der Waals surface area contributed by atoms with Gasteiger partial charge in [0.15, 0.2) is 0 Å². The van der Waals surface area contributed by atoms with Gasteiger partial charge < -0.3 is 41.0 Å². The number of aliphatic hydroxyl groups excluding tert-OH is 1. The Morgan fingerprint density at radius 3 is 1.35 bits per heavy atom. The van der Waals surface area contributed by atoms with Crippen LogP contribution in [0.1, 0.15) is 188 Å². The van der Waals surface area contributed by atoms with E-state index in [0.717, 1.165) is 108 Å². The molecule has 2 aromatic rings. The minimum Gasteiger partial charge on any atom is -0.508 e. The van der Waals surface area contributed by atoms with E-state index in [9.17, 15) is 39.0 Å². The average molecular weight is 945 g/mol. The van der Waals surface area contributed by atoms with Crippen molar-refractivity contribution in [3.8, 4) is 5.75 Å². The number of phenols is 1. The van der Waals surface area contributed by atoms with E-state index < -0.39 is 30.1 Å². The molecule has 0 bridgehead atoms. The number of carbonyl (C=O) groups excluding carboxylic acids is 6. The lowest BCUT2D eigenvalue weighted by Gasteiger charge is -2.25. The van der Waals surface area contributed by atoms with Gasteiger partial charge in [-0.3, -0.25) is 19.2 Å². The van der Waals surface area contributed by atoms with Crippen molar-refractivity contribution in [2.45, 2.75) is 199 Å². The lowest BCUT2D eigenvalue weighted by molar-refractivity contribution is -0.155. The Hall–Kier alpha value is -5.50. The van der Waals surface area contributed by atoms with Gasteiger partial charge in [0, 0.05) is 29.4 Å². The van der Waals surface area contributed by atoms with Crippen molar-refractivity contribution >= 4 is 35.6 Å². The third-order valence-electron chi connectivity index (χ3n) is 12.7. The molecule has 0 radical (unpaired) electrons. The number of aliphatic hydroxyl groups is 1. The largest absolute Gasteiger partial charge is 0.508 e. The average Bonchev–Trinajstić information content (AvgIpc) is 4.03. The standard InChI is InChI=1S/C28H42N2O4.C26H38N2O6/c1-4-5-6-9-13-24(14-10-7-8-12-22(3)26(29)31)34-28(33)25-15-11-20-30(25)27(32)23-18-16-21(2)17-19-23;1-2-3-4-6-10-21(11-7-5-8-13-23(30)24(27)31)34-26(33)22-12-9-18-28(22)25(32)19-14-16-20(29)17-15-19/h11,16-20,22,24-25H,4-10,12-15H2,1-3H3,(H2,29,31);9,14-18,21-23,29-30H,2-8,10-13H2,1H3,(H2,27,31)/t22-,24-,25+;21-,22+,23-/m11/s1. The molecule has 14 nitrogen and oxygen atoms in total. The molecule has 2 aromatic carbocycles. The van der Waals surface area contributed by atoms with E-state index in [1.807, 2.05) is 32.1 Å². The number of esters is 2. The Kier molecular flexibility index (Phi) is 26.3. The molecular formula is C54H80N4O10. The van der Waals surface area contributed by atoms with Crippen molar-refractivity contribution in [1.29, 1.82) is 0 Å². The summed E-state index contributed by atoms with van der Waals surface area (Å²) in [6.07, 6.45) is 24.4. The Labute approximate surface area is 404 Å². The van der Waals surface area contributed by atoms with Gasteiger partial charge >= 0.3 is 11.9 Å². The predicted octanol–water partition coefficient (Wildman–Crippen LogP) is 9.48. The molecule has 376 valence electrons. The minimum atomic E-state index is -1.12. The Morgan fingerprint density at radius 1 is 0.574 bits per heavy atom. The van der Waals surface area contributed by atoms with E-state index in [0.29, 0.717) is 43.2 Å². The normalized spacial score (nSPS) is 16.9. The first kappa shape index (κ1) is 56.8. The summed E-state index contributed by atoms with van der Waals surface area (Å²) in [4.78, 5) is 77.0. The smallest absolute Gasteiger partial charge is 0.329 e. The molecule has 4 amide bonds. The quantitative estimate of drug-likeness (QED) is 0.0429. The topological polar surface area (TPSA) is 220 Å². The van der Waals surface area contributed by atoms with Gasteiger partial charge in [-0.15, -0.1) is 0 Å². The fourth-order valence-corrected chi connectivity index (χ4v) is 8.26. The van der Waals surface area contributed by atoms with E-state index in [4.69, 9.17) is 20.9 Å². The third kappa shape index (κ3) is 20.4. The van der Waals surface area contributed by atoms with Gasteiger partial charge in [-0.2, -0.15) is 0 Å². The van der Waals surface area contributed by atoms with Crippen LogP contribution in [0, 0.1) is 12.8 Å². The number of aromatic hydroxyl groups is 1. The number of primary amides is 2. The van der Waals surface area contributed by atoms with Gasteiger partial charge in [-0.25, -0.2) is 9.59 Å². The summed E-state index contributed by atoms with van der Waals surface area (Å²) in [5.41, 5.74) is 12.5. The van der Waals surface area contributed by atoms with Gasteiger partial charge in [0.1, 0.15) is 36.1 Å². The molecule has 0 aliphatic carbocycles. The summed E-state index contributed by atoms with van der Waals surface area (Å²) in [5, 5.41) is 19.0. The van der Waals surface area contributed by atoms with Crippen LogP contribution < -0.4 is 11.5 Å². The summed E-state index contributed by atoms with van der Waals surface area (Å²) in [6.45, 7) is 8.16. The number of hydrogen-bond acceptors (Lipinski definition) is 10. The summed E-state index contributed by atoms with van der Waals surface area (Å²) in [5.74, 6) is -2.23. The van der Waals surface area contributed by atoms with Crippen LogP contribution in [0.2, 0.25) is 0 Å². The van der Waals surface area contributed by atoms with E-state index in [1.54, 1.807) is 30.6 Å². The number of phenolic OH excluding ortho intramolecular Hbond substituents is 1. The fourth-order valence-electron chi connectivity index (χ4n) is 8.26. The van der Waals surface area contributed by atoms with Gasteiger partial charge in [0.2, 0.25) is 11.8 Å². The first-order valence-electron chi connectivity index (χ1n) is 25.2. The number of hydrogen-bond donors (Lipinski definition) is 4. The van der Waals surface area contributed by atoms with Crippen molar-refractivity contribution in [1.82, 2.24) is 9.80 Å². The molecule has 6 N–H and O–H groups in total. The molecule has 0 aromatic heterocycles. The summed E-state index contributed by atoms with van der Waals surface area (Å²) < 4.78 is 11.8. The second-order valence-corrected chi connectivity index (χ2v) is 18.4. The Balaban J connectivity index is 0.000000360. The summed E-state index contributed by atoms with van der Waals surface area (Å²) >= 11 is 0. The molecule has 14 heteroatoms. The lowest BCUT2D eigenvalue weighted by Crippen LogP contribution is -2.41. The van der Waals surface area contributed by atoms with Crippen molar-refractivity contribution in [3.63, 3.8) is 0 Å². The van der Waals surface area contributed by atoms with E-state index in [1.165, 1.54) is 40.5 Å². The number of unbranched alkanes of at least 4 members (excludes halogenated alkanes) is 10. The van der Waals surface area contributed by atoms with Crippen molar-refractivity contribution in [3.05, 3.63) is 89.8 Å². The molecular weight excluding hydrogens is 865 g/mol. The first-order chi connectivity index (χ1) is 32.7. The lowest BCUT2D eigenvalue weighted by atomic mass is 9.99. The van der Waals surface area contributed by atoms with Crippen LogP contribution >= 0.6 is 0 Å². The van der Waals surface area contributed by atoms with E-state index in [2.05, 4.69) is 13.8 Å². The molecule has 0 spiro atoms. The number of nitrogens with two attached hydrogens (primary N) is 2. The number of carbonyl (C=O) groups is 6. The summed E-state index contributed by atoms with van der Waals surface area (Å²) in [6, 6.07) is 12.0. The molecule has 68 heavy (non-hydrogen) atoms. The molecule has 4 rings (SSSR count). The number of nitrogens with zero attached hydrogens (tertiary/aromatic N) is 2. The van der Waals surface area contributed by atoms with Crippen LogP contribution in [0.4, 0.5) is 0 Å². The number of aryl methyl sites for hydroxylation is 1. The molecule has 0 fully saturated rings. The predicted molar refractivity (Wildman–Crippen MR) is 264 cm³/mol. The first-order valence-corrected chi connectivity index (χ1v) is 25.2. The van der Waals surface area contributed by atoms with Crippen molar-refractivity contribution in [2.24, 2.45) is 17.4 Å². The van der Waals surface area contributed by atoms with E-state index >= 15 is 0 Å². The zero-order valence-electron chi connectivity index (χ0n) is 41.2. The van der Waals surface area contributed by atoms with Crippen LogP contribution in [0.3, 0.4) is 0 Å². The monoisotopic (exact) mass is 945 g/mol.